The van der Waals surface area contributed by atoms with E-state index in [4.69, 9.17) is 21.2 Å². The number of carbonyl (C=O) groups excluding carboxylic acids is 1. The summed E-state index contributed by atoms with van der Waals surface area (Å²) < 4.78 is 5.42. The van der Waals surface area contributed by atoms with Crippen LogP contribution >= 0.6 is 11.6 Å². The molecule has 7 nitrogen and oxygen atoms in total. The number of aromatic nitrogens is 1. The first-order valence-electron chi connectivity index (χ1n) is 11.2. The fraction of sp³-hybridized carbons (Fsp3) is 0.417. The minimum atomic E-state index is -0.379. The first kappa shape index (κ1) is 22.7. The monoisotopic (exact) mass is 456 g/mol. The summed E-state index contributed by atoms with van der Waals surface area (Å²) in [5.74, 6) is 0.216. The van der Waals surface area contributed by atoms with Crippen molar-refractivity contribution in [3.63, 3.8) is 0 Å². The molecule has 0 spiro atoms. The molecule has 1 aromatic carbocycles. The minimum Gasteiger partial charge on any atom is -0.350 e. The first-order chi connectivity index (χ1) is 15.7. The lowest BCUT2D eigenvalue weighted by Crippen LogP contribution is -2.32. The Labute approximate surface area is 193 Å². The van der Waals surface area contributed by atoms with E-state index in [1.165, 1.54) is 24.5 Å². The molecule has 4 rings (SSSR count). The number of pyridine rings is 1. The molecule has 1 atom stereocenters. The first-order valence-corrected chi connectivity index (χ1v) is 11.5. The van der Waals surface area contributed by atoms with Crippen LogP contribution in [-0.2, 0) is 20.9 Å². The highest BCUT2D eigenvalue weighted by Gasteiger charge is 2.16. The van der Waals surface area contributed by atoms with E-state index in [2.05, 4.69) is 32.8 Å². The predicted molar refractivity (Wildman–Crippen MR) is 125 cm³/mol. The molecule has 1 amide bonds. The van der Waals surface area contributed by atoms with Crippen LogP contribution in [0.1, 0.15) is 43.2 Å². The van der Waals surface area contributed by atoms with Gasteiger partial charge in [-0.05, 0) is 68.1 Å². The zero-order valence-corrected chi connectivity index (χ0v) is 18.8. The summed E-state index contributed by atoms with van der Waals surface area (Å²) in [6.07, 6.45) is 9.67. The molecule has 32 heavy (non-hydrogen) atoms. The van der Waals surface area contributed by atoms with Crippen LogP contribution in [0.25, 0.3) is 6.08 Å². The maximum absolute atomic E-state index is 12.0. The standard InChI is InChI=1S/C24H29ClN4O3/c25-20-15-18(10-11-22(30)28-32-23-9-3-6-14-31-23)16-26-24(20)27-21-8-2-1-7-19(21)17-29-12-4-5-13-29/h1-2,7-8,10-11,15-16,23H,3-6,9,12-14,17H2,(H,26,27)(H,28,30). The van der Waals surface area contributed by atoms with E-state index in [1.807, 2.05) is 12.1 Å². The Hall–Kier alpha value is -2.45. The van der Waals surface area contributed by atoms with Gasteiger partial charge in [0.2, 0.25) is 0 Å². The highest BCUT2D eigenvalue weighted by atomic mass is 35.5. The maximum atomic E-state index is 12.0. The Kier molecular flexibility index (Phi) is 8.12. The number of likely N-dealkylation sites (tertiary alicyclic amines) is 1. The molecule has 2 aliphatic heterocycles. The molecule has 3 heterocycles. The van der Waals surface area contributed by atoms with E-state index < -0.39 is 0 Å². The van der Waals surface area contributed by atoms with Gasteiger partial charge in [0, 0.05) is 37.5 Å². The fourth-order valence-corrected chi connectivity index (χ4v) is 4.08. The van der Waals surface area contributed by atoms with Crippen LogP contribution in [0.2, 0.25) is 5.02 Å². The average Bonchev–Trinajstić information content (AvgIpc) is 3.33. The van der Waals surface area contributed by atoms with Crippen molar-refractivity contribution in [3.05, 3.63) is 58.8 Å². The molecule has 2 saturated heterocycles. The zero-order chi connectivity index (χ0) is 22.2. The molecule has 2 N–H and O–H groups in total. The summed E-state index contributed by atoms with van der Waals surface area (Å²) in [4.78, 5) is 24.2. The summed E-state index contributed by atoms with van der Waals surface area (Å²) in [6.45, 7) is 3.84. The highest BCUT2D eigenvalue weighted by Crippen LogP contribution is 2.27. The number of hydrogen-bond acceptors (Lipinski definition) is 6. The molecule has 0 saturated carbocycles. The second kappa shape index (κ2) is 11.4. The van der Waals surface area contributed by atoms with Crippen molar-refractivity contribution in [2.45, 2.75) is 44.9 Å². The molecule has 170 valence electrons. The number of benzene rings is 1. The van der Waals surface area contributed by atoms with Crippen LogP contribution in [0.15, 0.2) is 42.6 Å². The number of nitrogens with one attached hydrogen (secondary N) is 2. The molecule has 1 aromatic heterocycles. The molecule has 1 unspecified atom stereocenters. The SMILES string of the molecule is O=C(C=Cc1cnc(Nc2ccccc2CN2CCCC2)c(Cl)c1)NOC1CCCCO1. The Morgan fingerprint density at radius 2 is 2.09 bits per heavy atom. The molecular weight excluding hydrogens is 428 g/mol. The van der Waals surface area contributed by atoms with Crippen molar-refractivity contribution in [3.8, 4) is 0 Å². The number of halogens is 1. The van der Waals surface area contributed by atoms with Crippen LogP contribution in [0.5, 0.6) is 0 Å². The highest BCUT2D eigenvalue weighted by molar-refractivity contribution is 6.33. The number of anilines is 2. The lowest BCUT2D eigenvalue weighted by Gasteiger charge is -2.21. The number of hydrogen-bond donors (Lipinski definition) is 2. The van der Waals surface area contributed by atoms with Crippen molar-refractivity contribution in [2.24, 2.45) is 0 Å². The van der Waals surface area contributed by atoms with Gasteiger partial charge >= 0.3 is 0 Å². The van der Waals surface area contributed by atoms with Gasteiger partial charge in [0.1, 0.15) is 5.82 Å². The Balaban J connectivity index is 1.34. The van der Waals surface area contributed by atoms with Gasteiger partial charge in [0.15, 0.2) is 6.29 Å². The third-order valence-corrected chi connectivity index (χ3v) is 5.87. The van der Waals surface area contributed by atoms with Crippen LogP contribution in [0.4, 0.5) is 11.5 Å². The van der Waals surface area contributed by atoms with Crippen molar-refractivity contribution in [1.82, 2.24) is 15.4 Å². The molecule has 2 fully saturated rings. The van der Waals surface area contributed by atoms with Crippen LogP contribution < -0.4 is 10.8 Å². The summed E-state index contributed by atoms with van der Waals surface area (Å²) in [7, 11) is 0. The molecule has 0 radical (unpaired) electrons. The lowest BCUT2D eigenvalue weighted by atomic mass is 10.1. The minimum absolute atomic E-state index is 0.367. The summed E-state index contributed by atoms with van der Waals surface area (Å²) >= 11 is 6.47. The molecule has 2 aliphatic rings. The predicted octanol–water partition coefficient (Wildman–Crippen LogP) is 4.66. The van der Waals surface area contributed by atoms with E-state index in [0.717, 1.165) is 50.1 Å². The molecule has 0 bridgehead atoms. The van der Waals surface area contributed by atoms with E-state index in [1.54, 1.807) is 18.3 Å². The molecule has 8 heteroatoms. The fourth-order valence-electron chi connectivity index (χ4n) is 3.86. The van der Waals surface area contributed by atoms with Gasteiger partial charge in [-0.2, -0.15) is 0 Å². The van der Waals surface area contributed by atoms with E-state index in [-0.39, 0.29) is 12.2 Å². The van der Waals surface area contributed by atoms with Crippen molar-refractivity contribution in [1.29, 1.82) is 0 Å². The van der Waals surface area contributed by atoms with Gasteiger partial charge in [-0.3, -0.25) is 9.69 Å². The summed E-state index contributed by atoms with van der Waals surface area (Å²) in [5.41, 5.74) is 5.33. The van der Waals surface area contributed by atoms with E-state index in [0.29, 0.717) is 17.4 Å². The number of nitrogens with zero attached hydrogens (tertiary/aromatic N) is 2. The zero-order valence-electron chi connectivity index (χ0n) is 18.1. The summed E-state index contributed by atoms with van der Waals surface area (Å²) in [6, 6.07) is 9.99. The summed E-state index contributed by atoms with van der Waals surface area (Å²) in [5, 5.41) is 3.84. The number of para-hydroxylation sites is 1. The second-order valence-corrected chi connectivity index (χ2v) is 8.49. The van der Waals surface area contributed by atoms with Gasteiger partial charge in [-0.25, -0.2) is 15.3 Å². The third kappa shape index (κ3) is 6.53. The number of carbonyl (C=O) groups is 1. The van der Waals surface area contributed by atoms with Gasteiger partial charge < -0.3 is 10.1 Å². The topological polar surface area (TPSA) is 75.7 Å². The maximum Gasteiger partial charge on any atom is 0.267 e. The van der Waals surface area contributed by atoms with Gasteiger partial charge in [0.25, 0.3) is 5.91 Å². The van der Waals surface area contributed by atoms with E-state index in [9.17, 15) is 4.79 Å². The number of ether oxygens (including phenoxy) is 1. The lowest BCUT2D eigenvalue weighted by molar-refractivity contribution is -0.198. The van der Waals surface area contributed by atoms with E-state index >= 15 is 0 Å². The molecule has 0 aliphatic carbocycles. The van der Waals surface area contributed by atoms with Crippen LogP contribution in [-0.4, -0.2) is 41.8 Å². The van der Waals surface area contributed by atoms with Crippen molar-refractivity contribution >= 4 is 35.1 Å². The normalized spacial score (nSPS) is 19.3. The Bertz CT molecular complexity index is 941. The quantitative estimate of drug-likeness (QED) is 0.444. The Morgan fingerprint density at radius 3 is 2.88 bits per heavy atom. The smallest absolute Gasteiger partial charge is 0.267 e. The molecule has 2 aromatic rings. The van der Waals surface area contributed by atoms with Gasteiger partial charge in [0.05, 0.1) is 5.02 Å². The number of amides is 1. The number of rotatable bonds is 8. The second-order valence-electron chi connectivity index (χ2n) is 8.08. The van der Waals surface area contributed by atoms with Crippen molar-refractivity contribution < 1.29 is 14.4 Å². The largest absolute Gasteiger partial charge is 0.350 e. The van der Waals surface area contributed by atoms with Crippen LogP contribution in [0.3, 0.4) is 0 Å². The third-order valence-electron chi connectivity index (χ3n) is 5.58. The molecular formula is C24H29ClN4O3. The average molecular weight is 457 g/mol. The van der Waals surface area contributed by atoms with Gasteiger partial charge in [-0.15, -0.1) is 0 Å². The Morgan fingerprint density at radius 1 is 1.25 bits per heavy atom. The van der Waals surface area contributed by atoms with Gasteiger partial charge in [-0.1, -0.05) is 29.8 Å². The van der Waals surface area contributed by atoms with Crippen LogP contribution in [0, 0.1) is 0 Å². The number of hydroxylamine groups is 1. The van der Waals surface area contributed by atoms with Crippen molar-refractivity contribution in [2.75, 3.05) is 25.0 Å².